The molecular weight excluding hydrogens is 610 g/mol. The van der Waals surface area contributed by atoms with Crippen molar-refractivity contribution in [2.45, 2.75) is 70.3 Å². The monoisotopic (exact) mass is 645 g/mol. The lowest BCUT2D eigenvalue weighted by molar-refractivity contribution is -0.137. The van der Waals surface area contributed by atoms with Gasteiger partial charge in [-0.2, -0.15) is 18.0 Å². The van der Waals surface area contributed by atoms with Gasteiger partial charge in [-0.25, -0.2) is 9.37 Å². The van der Waals surface area contributed by atoms with Gasteiger partial charge in [-0.3, -0.25) is 0 Å². The summed E-state index contributed by atoms with van der Waals surface area (Å²) in [5, 5.41) is 22.7. The highest BCUT2D eigenvalue weighted by Gasteiger charge is 2.36. The van der Waals surface area contributed by atoms with Crippen molar-refractivity contribution in [3.05, 3.63) is 70.0 Å². The van der Waals surface area contributed by atoms with Crippen molar-refractivity contribution in [3.8, 4) is 0 Å². The van der Waals surface area contributed by atoms with Crippen LogP contribution >= 0.6 is 11.6 Å². The van der Waals surface area contributed by atoms with Crippen LogP contribution in [0.15, 0.2) is 42.5 Å². The second-order valence-corrected chi connectivity index (χ2v) is 12.7. The lowest BCUT2D eigenvalue weighted by atomic mass is 9.77. The number of halogens is 5. The molecule has 0 amide bonds. The number of pyridine rings is 1. The van der Waals surface area contributed by atoms with Gasteiger partial charge in [0.15, 0.2) is 0 Å². The number of rotatable bonds is 9. The van der Waals surface area contributed by atoms with Crippen LogP contribution in [0, 0.1) is 17.7 Å². The van der Waals surface area contributed by atoms with E-state index in [0.717, 1.165) is 80.4 Å². The summed E-state index contributed by atoms with van der Waals surface area (Å²) in [7, 11) is 1.62. The van der Waals surface area contributed by atoms with E-state index >= 15 is 0 Å². The molecule has 4 aromatic rings. The predicted octanol–water partition coefficient (Wildman–Crippen LogP) is 6.93. The van der Waals surface area contributed by atoms with Crippen molar-refractivity contribution in [2.24, 2.45) is 18.9 Å². The molecule has 2 aromatic heterocycles. The van der Waals surface area contributed by atoms with Crippen LogP contribution in [-0.4, -0.2) is 49.5 Å². The normalized spacial score (nSPS) is 20.7. The molecule has 2 fully saturated rings. The Bertz CT molecular complexity index is 1640. The molecule has 0 bridgehead atoms. The van der Waals surface area contributed by atoms with E-state index in [1.54, 1.807) is 18.0 Å². The van der Waals surface area contributed by atoms with Gasteiger partial charge < -0.3 is 14.9 Å². The van der Waals surface area contributed by atoms with Crippen LogP contribution < -0.4 is 9.80 Å². The van der Waals surface area contributed by atoms with E-state index in [1.165, 1.54) is 23.0 Å². The van der Waals surface area contributed by atoms with Gasteiger partial charge in [-0.05, 0) is 91.1 Å². The van der Waals surface area contributed by atoms with Gasteiger partial charge in [0.2, 0.25) is 0 Å². The van der Waals surface area contributed by atoms with Gasteiger partial charge in [-0.1, -0.05) is 29.5 Å². The number of tetrazole rings is 1. The number of hydrogen-bond acceptors (Lipinski definition) is 7. The Hall–Kier alpha value is -3.51. The van der Waals surface area contributed by atoms with E-state index in [2.05, 4.69) is 20.3 Å². The molecule has 1 atom stereocenters. The molecule has 0 radical (unpaired) electrons. The molecule has 2 aromatic carbocycles. The van der Waals surface area contributed by atoms with E-state index in [-0.39, 0.29) is 42.5 Å². The Morgan fingerprint density at radius 3 is 2.53 bits per heavy atom. The third-order valence-electron chi connectivity index (χ3n) is 9.18. The number of anilines is 2. The quantitative estimate of drug-likeness (QED) is 0.198. The average molecular weight is 646 g/mol. The largest absolute Gasteiger partial charge is 0.416 e. The maximum absolute atomic E-state index is 14.3. The van der Waals surface area contributed by atoms with Crippen molar-refractivity contribution < 1.29 is 22.7 Å². The molecule has 1 saturated heterocycles. The fraction of sp³-hybridized carbons (Fsp3) is 0.500. The molecule has 13 heteroatoms. The molecule has 1 saturated carbocycles. The Morgan fingerprint density at radius 2 is 1.82 bits per heavy atom. The number of nitrogens with zero attached hydrogens (tertiary/aromatic N) is 7. The fourth-order valence-electron chi connectivity index (χ4n) is 7.06. The minimum Gasteiger partial charge on any atom is -0.396 e. The Kier molecular flexibility index (Phi) is 9.15. The van der Waals surface area contributed by atoms with Gasteiger partial charge in [0.25, 0.3) is 5.95 Å². The van der Waals surface area contributed by atoms with Crippen LogP contribution in [0.25, 0.3) is 10.9 Å². The van der Waals surface area contributed by atoms with E-state index in [1.807, 2.05) is 6.07 Å². The minimum atomic E-state index is -4.55. The SMILES string of the molecule is Cn1nnc(N(Cc2cc(Cl)cc(C(F)(F)F)c2)Cc2cc3ccc(F)cc3nc2N2CCC[C@@H]2C2CCC(CCO)CC2)n1. The fourth-order valence-corrected chi connectivity index (χ4v) is 7.32. The first-order chi connectivity index (χ1) is 21.6. The van der Waals surface area contributed by atoms with Gasteiger partial charge >= 0.3 is 6.18 Å². The summed E-state index contributed by atoms with van der Waals surface area (Å²) in [6, 6.07) is 10.3. The smallest absolute Gasteiger partial charge is 0.396 e. The van der Waals surface area contributed by atoms with E-state index in [0.29, 0.717) is 22.9 Å². The average Bonchev–Trinajstić information content (AvgIpc) is 3.66. The highest BCUT2D eigenvalue weighted by atomic mass is 35.5. The first-order valence-electron chi connectivity index (χ1n) is 15.4. The van der Waals surface area contributed by atoms with Crippen LogP contribution in [0.2, 0.25) is 5.02 Å². The van der Waals surface area contributed by atoms with Crippen LogP contribution in [0.4, 0.5) is 29.3 Å². The molecule has 240 valence electrons. The summed E-state index contributed by atoms with van der Waals surface area (Å²) in [5.41, 5.74) is 0.888. The molecule has 2 aliphatic rings. The van der Waals surface area contributed by atoms with Crippen molar-refractivity contribution in [1.82, 2.24) is 25.2 Å². The minimum absolute atomic E-state index is 0.0180. The van der Waals surface area contributed by atoms with Crippen molar-refractivity contribution in [2.75, 3.05) is 23.0 Å². The third-order valence-corrected chi connectivity index (χ3v) is 9.40. The van der Waals surface area contributed by atoms with Crippen LogP contribution in [0.3, 0.4) is 0 Å². The van der Waals surface area contributed by atoms with Gasteiger partial charge in [0.1, 0.15) is 11.6 Å². The number of benzene rings is 2. The second-order valence-electron chi connectivity index (χ2n) is 12.3. The maximum atomic E-state index is 14.3. The maximum Gasteiger partial charge on any atom is 0.416 e. The zero-order valence-corrected chi connectivity index (χ0v) is 25.8. The summed E-state index contributed by atoms with van der Waals surface area (Å²) in [6.45, 7) is 1.28. The number of hydrogen-bond donors (Lipinski definition) is 1. The highest BCUT2D eigenvalue weighted by molar-refractivity contribution is 6.30. The van der Waals surface area contributed by atoms with Gasteiger partial charge in [0.05, 0.1) is 18.1 Å². The first kappa shape index (κ1) is 31.5. The number of aliphatic hydroxyl groups excluding tert-OH is 1. The zero-order chi connectivity index (χ0) is 31.7. The number of alkyl halides is 3. The Morgan fingerprint density at radius 1 is 1.02 bits per heavy atom. The molecule has 0 unspecified atom stereocenters. The van der Waals surface area contributed by atoms with E-state index < -0.39 is 11.7 Å². The summed E-state index contributed by atoms with van der Waals surface area (Å²) < 4.78 is 55.3. The number of aryl methyl sites for hydroxylation is 1. The Balaban J connectivity index is 1.37. The van der Waals surface area contributed by atoms with Crippen molar-refractivity contribution >= 4 is 34.3 Å². The summed E-state index contributed by atoms with van der Waals surface area (Å²) in [5.74, 6) is 1.64. The van der Waals surface area contributed by atoms with E-state index in [9.17, 15) is 22.7 Å². The molecule has 6 rings (SSSR count). The topological polar surface area (TPSA) is 83.2 Å². The molecule has 3 heterocycles. The molecule has 1 aliphatic heterocycles. The first-order valence-corrected chi connectivity index (χ1v) is 15.8. The number of aliphatic hydroxyl groups is 1. The second kappa shape index (κ2) is 13.1. The molecule has 1 N–H and O–H groups in total. The Labute approximate surface area is 264 Å². The van der Waals surface area contributed by atoms with Crippen molar-refractivity contribution in [3.63, 3.8) is 0 Å². The molecular formula is C32H36ClF4N7O. The van der Waals surface area contributed by atoms with Gasteiger partial charge in [0, 0.05) is 54.3 Å². The predicted molar refractivity (Wildman–Crippen MR) is 164 cm³/mol. The highest BCUT2D eigenvalue weighted by Crippen LogP contribution is 2.41. The molecule has 1 aliphatic carbocycles. The molecule has 45 heavy (non-hydrogen) atoms. The molecule has 8 nitrogen and oxygen atoms in total. The number of aromatic nitrogens is 5. The standard InChI is InChI=1S/C32H36ClF4N7O/c1-42-40-31(39-41-42)43(18-21-13-25(32(35,36)37)16-26(33)14-21)19-24-15-23-8-9-27(34)17-28(23)38-30(24)44-11-2-3-29(44)22-6-4-20(5-7-22)10-12-45/h8-9,13-17,20,22,29,45H,2-7,10-12,18-19H2,1H3/t20?,22?,29-/m1/s1. The summed E-state index contributed by atoms with van der Waals surface area (Å²) in [6.07, 6.45) is 2.64. The van der Waals surface area contributed by atoms with Crippen LogP contribution in [0.5, 0.6) is 0 Å². The third kappa shape index (κ3) is 7.17. The van der Waals surface area contributed by atoms with E-state index in [4.69, 9.17) is 16.6 Å². The lowest BCUT2D eigenvalue weighted by Crippen LogP contribution is -2.39. The van der Waals surface area contributed by atoms with Crippen LogP contribution in [-0.2, 0) is 26.3 Å². The van der Waals surface area contributed by atoms with Crippen molar-refractivity contribution in [1.29, 1.82) is 0 Å². The summed E-state index contributed by atoms with van der Waals surface area (Å²) in [4.78, 5) is 10.4. The number of fused-ring (bicyclic) bond motifs is 1. The zero-order valence-electron chi connectivity index (χ0n) is 25.0. The molecule has 0 spiro atoms. The van der Waals surface area contributed by atoms with Gasteiger partial charge in [-0.15, -0.1) is 5.10 Å². The van der Waals surface area contributed by atoms with Crippen LogP contribution in [0.1, 0.15) is 61.6 Å². The summed E-state index contributed by atoms with van der Waals surface area (Å²) >= 11 is 6.13. The lowest BCUT2D eigenvalue weighted by Gasteiger charge is -2.38.